The maximum Gasteiger partial charge on any atom is 0.282 e. The highest BCUT2D eigenvalue weighted by molar-refractivity contribution is 7.99. The molecule has 2 aromatic heterocycles. The van der Waals surface area contributed by atoms with E-state index in [1.807, 2.05) is 6.92 Å². The van der Waals surface area contributed by atoms with E-state index in [0.29, 0.717) is 22.8 Å². The van der Waals surface area contributed by atoms with Gasteiger partial charge in [0.25, 0.3) is 5.22 Å². The molecule has 6 nitrogen and oxygen atoms in total. The van der Waals surface area contributed by atoms with Gasteiger partial charge in [-0.25, -0.2) is 9.97 Å². The van der Waals surface area contributed by atoms with Gasteiger partial charge in [-0.15, -0.1) is 10.2 Å². The third-order valence-corrected chi connectivity index (χ3v) is 2.87. The van der Waals surface area contributed by atoms with Gasteiger partial charge in [0.15, 0.2) is 0 Å². The highest BCUT2D eigenvalue weighted by Gasteiger charge is 2.12. The molecule has 2 heterocycles. The Morgan fingerprint density at radius 1 is 1.12 bits per heavy atom. The van der Waals surface area contributed by atoms with Gasteiger partial charge in [0.05, 0.1) is 0 Å². The topological polar surface area (TPSA) is 90.7 Å². The van der Waals surface area contributed by atoms with Crippen molar-refractivity contribution in [3.8, 4) is 0 Å². The molecular weight excluding hydrogens is 226 g/mol. The third kappa shape index (κ3) is 2.13. The summed E-state index contributed by atoms with van der Waals surface area (Å²) in [7, 11) is 0. The molecular formula is C9H11N5OS. The first-order chi connectivity index (χ1) is 7.56. The first-order valence-corrected chi connectivity index (χ1v) is 5.46. The Hall–Kier alpha value is -1.63. The molecule has 0 spiro atoms. The van der Waals surface area contributed by atoms with Gasteiger partial charge >= 0.3 is 0 Å². The molecule has 0 amide bonds. The molecule has 7 heteroatoms. The van der Waals surface area contributed by atoms with Crippen LogP contribution >= 0.6 is 11.8 Å². The molecule has 2 aromatic rings. The summed E-state index contributed by atoms with van der Waals surface area (Å²) in [5.41, 5.74) is 6.57. The second kappa shape index (κ2) is 4.09. The SMILES string of the molecule is Cc1nc(N)c(C)c(Sc2nnc(C)o2)n1. The van der Waals surface area contributed by atoms with Gasteiger partial charge in [-0.3, -0.25) is 0 Å². The van der Waals surface area contributed by atoms with Crippen molar-refractivity contribution in [3.05, 3.63) is 17.3 Å². The summed E-state index contributed by atoms with van der Waals surface area (Å²) in [6.45, 7) is 5.39. The largest absolute Gasteiger partial charge is 0.416 e. The fourth-order valence-corrected chi connectivity index (χ4v) is 1.97. The summed E-state index contributed by atoms with van der Waals surface area (Å²) in [5.74, 6) is 1.63. The van der Waals surface area contributed by atoms with Crippen LogP contribution in [-0.2, 0) is 0 Å². The van der Waals surface area contributed by atoms with Gasteiger partial charge in [-0.2, -0.15) is 0 Å². The Morgan fingerprint density at radius 3 is 2.50 bits per heavy atom. The lowest BCUT2D eigenvalue weighted by Gasteiger charge is -2.05. The predicted molar refractivity (Wildman–Crippen MR) is 59.1 cm³/mol. The molecule has 2 rings (SSSR count). The van der Waals surface area contributed by atoms with Crippen molar-refractivity contribution >= 4 is 17.6 Å². The Morgan fingerprint density at radius 2 is 1.88 bits per heavy atom. The normalized spacial score (nSPS) is 10.7. The number of nitrogens with zero attached hydrogens (tertiary/aromatic N) is 4. The minimum absolute atomic E-state index is 0.457. The maximum atomic E-state index is 5.75. The van der Waals surface area contributed by atoms with Crippen LogP contribution in [0.25, 0.3) is 0 Å². The number of hydrogen-bond acceptors (Lipinski definition) is 7. The molecule has 0 saturated carbocycles. The zero-order valence-electron chi connectivity index (χ0n) is 9.18. The average Bonchev–Trinajstić information content (AvgIpc) is 2.60. The van der Waals surface area contributed by atoms with Crippen LogP contribution in [0, 0.1) is 20.8 Å². The molecule has 0 aliphatic rings. The monoisotopic (exact) mass is 237 g/mol. The summed E-state index contributed by atoms with van der Waals surface area (Å²) >= 11 is 1.29. The minimum atomic E-state index is 0.457. The van der Waals surface area contributed by atoms with Crippen LogP contribution in [-0.4, -0.2) is 20.2 Å². The van der Waals surface area contributed by atoms with Crippen molar-refractivity contribution in [1.82, 2.24) is 20.2 Å². The molecule has 0 saturated heterocycles. The van der Waals surface area contributed by atoms with E-state index in [0.717, 1.165) is 10.6 Å². The van der Waals surface area contributed by atoms with Crippen LogP contribution in [0.2, 0.25) is 0 Å². The number of rotatable bonds is 2. The molecule has 0 aromatic carbocycles. The maximum absolute atomic E-state index is 5.75. The first kappa shape index (κ1) is 10.9. The van der Waals surface area contributed by atoms with Crippen LogP contribution in [0.5, 0.6) is 0 Å². The highest BCUT2D eigenvalue weighted by atomic mass is 32.2. The second-order valence-electron chi connectivity index (χ2n) is 3.28. The van der Waals surface area contributed by atoms with Crippen LogP contribution < -0.4 is 5.73 Å². The van der Waals surface area contributed by atoms with Crippen molar-refractivity contribution < 1.29 is 4.42 Å². The number of hydrogen-bond donors (Lipinski definition) is 1. The summed E-state index contributed by atoms with van der Waals surface area (Å²) in [6, 6.07) is 0. The summed E-state index contributed by atoms with van der Waals surface area (Å²) in [4.78, 5) is 8.35. The highest BCUT2D eigenvalue weighted by Crippen LogP contribution is 2.29. The number of anilines is 1. The van der Waals surface area contributed by atoms with Gasteiger partial charge in [0, 0.05) is 12.5 Å². The fourth-order valence-electron chi connectivity index (χ4n) is 1.13. The van der Waals surface area contributed by atoms with E-state index in [-0.39, 0.29) is 0 Å². The zero-order valence-corrected chi connectivity index (χ0v) is 10.00. The van der Waals surface area contributed by atoms with Crippen LogP contribution in [0.3, 0.4) is 0 Å². The van der Waals surface area contributed by atoms with E-state index in [1.165, 1.54) is 11.8 Å². The van der Waals surface area contributed by atoms with Gasteiger partial charge in [-0.05, 0) is 25.6 Å². The van der Waals surface area contributed by atoms with Crippen molar-refractivity contribution in [2.75, 3.05) is 5.73 Å². The fraction of sp³-hybridized carbons (Fsp3) is 0.333. The van der Waals surface area contributed by atoms with E-state index in [9.17, 15) is 0 Å². The number of aryl methyl sites for hydroxylation is 2. The molecule has 84 valence electrons. The van der Waals surface area contributed by atoms with E-state index in [4.69, 9.17) is 10.2 Å². The van der Waals surface area contributed by atoms with Crippen molar-refractivity contribution in [3.63, 3.8) is 0 Å². The van der Waals surface area contributed by atoms with Crippen molar-refractivity contribution in [1.29, 1.82) is 0 Å². The second-order valence-corrected chi connectivity index (χ2v) is 4.22. The Kier molecular flexibility index (Phi) is 2.78. The number of nitrogen functional groups attached to an aromatic ring is 1. The van der Waals surface area contributed by atoms with Gasteiger partial charge < -0.3 is 10.2 Å². The van der Waals surface area contributed by atoms with Crippen LogP contribution in [0.15, 0.2) is 14.7 Å². The quantitative estimate of drug-likeness (QED) is 0.791. The standard InChI is InChI=1S/C9H11N5OS/c1-4-7(10)11-5(2)12-8(4)16-9-14-13-6(3)15-9/h1-3H3,(H2,10,11,12). The minimum Gasteiger partial charge on any atom is -0.416 e. The summed E-state index contributed by atoms with van der Waals surface area (Å²) in [6.07, 6.45) is 0. The average molecular weight is 237 g/mol. The summed E-state index contributed by atoms with van der Waals surface area (Å²) in [5, 5.41) is 8.83. The Balaban J connectivity index is 2.34. The lowest BCUT2D eigenvalue weighted by atomic mass is 10.3. The van der Waals surface area contributed by atoms with Crippen LogP contribution in [0.1, 0.15) is 17.3 Å². The number of aromatic nitrogens is 4. The zero-order chi connectivity index (χ0) is 11.7. The summed E-state index contributed by atoms with van der Waals surface area (Å²) < 4.78 is 5.26. The van der Waals surface area contributed by atoms with Gasteiger partial charge in [0.1, 0.15) is 16.7 Å². The predicted octanol–water partition coefficient (Wildman–Crippen LogP) is 1.52. The molecule has 0 aliphatic heterocycles. The van der Waals surface area contributed by atoms with E-state index in [2.05, 4.69) is 20.2 Å². The van der Waals surface area contributed by atoms with E-state index in [1.54, 1.807) is 13.8 Å². The third-order valence-electron chi connectivity index (χ3n) is 1.94. The van der Waals surface area contributed by atoms with E-state index >= 15 is 0 Å². The molecule has 0 fully saturated rings. The van der Waals surface area contributed by atoms with E-state index < -0.39 is 0 Å². The van der Waals surface area contributed by atoms with Crippen LogP contribution in [0.4, 0.5) is 5.82 Å². The number of nitrogens with two attached hydrogens (primary N) is 1. The molecule has 0 bridgehead atoms. The molecule has 16 heavy (non-hydrogen) atoms. The van der Waals surface area contributed by atoms with Crippen molar-refractivity contribution in [2.45, 2.75) is 31.0 Å². The molecule has 0 aliphatic carbocycles. The molecule has 0 atom stereocenters. The lowest BCUT2D eigenvalue weighted by Crippen LogP contribution is -2.01. The molecule has 2 N–H and O–H groups in total. The Labute approximate surface area is 96.7 Å². The smallest absolute Gasteiger partial charge is 0.282 e. The van der Waals surface area contributed by atoms with Gasteiger partial charge in [-0.1, -0.05) is 0 Å². The lowest BCUT2D eigenvalue weighted by molar-refractivity contribution is 0.429. The van der Waals surface area contributed by atoms with Gasteiger partial charge in [0.2, 0.25) is 5.89 Å². The van der Waals surface area contributed by atoms with Crippen molar-refractivity contribution in [2.24, 2.45) is 0 Å². The molecule has 0 radical (unpaired) electrons. The molecule has 0 unspecified atom stereocenters. The first-order valence-electron chi connectivity index (χ1n) is 4.65. The Bertz CT molecular complexity index is 525.